The lowest BCUT2D eigenvalue weighted by molar-refractivity contribution is -0.149. The monoisotopic (exact) mass is 351 g/mol. The fourth-order valence-electron chi connectivity index (χ4n) is 5.27. The van der Waals surface area contributed by atoms with Crippen molar-refractivity contribution in [2.75, 3.05) is 0 Å². The van der Waals surface area contributed by atoms with Crippen LogP contribution in [0.1, 0.15) is 37.3 Å². The number of fused-ring (bicyclic) bond motifs is 2. The number of piperidine rings is 2. The van der Waals surface area contributed by atoms with Gasteiger partial charge in [-0.2, -0.15) is 0 Å². The SMILES string of the molecule is Br.CC[C@]12CC3NC(Cc4ccccc41)C2CC3C(=O)O. The van der Waals surface area contributed by atoms with E-state index in [1.165, 1.54) is 11.1 Å². The van der Waals surface area contributed by atoms with Crippen molar-refractivity contribution in [1.29, 1.82) is 0 Å². The van der Waals surface area contributed by atoms with Crippen LogP contribution in [0.4, 0.5) is 0 Å². The topological polar surface area (TPSA) is 49.3 Å². The molecular weight excluding hydrogens is 330 g/mol. The van der Waals surface area contributed by atoms with Gasteiger partial charge in [-0.25, -0.2) is 0 Å². The number of rotatable bonds is 2. The third kappa shape index (κ3) is 1.92. The van der Waals surface area contributed by atoms with Gasteiger partial charge >= 0.3 is 5.97 Å². The van der Waals surface area contributed by atoms with E-state index < -0.39 is 5.97 Å². The lowest BCUT2D eigenvalue weighted by Crippen LogP contribution is -2.69. The number of hydrogen-bond donors (Lipinski definition) is 2. The minimum Gasteiger partial charge on any atom is -0.481 e. The third-order valence-electron chi connectivity index (χ3n) is 6.14. The van der Waals surface area contributed by atoms with Crippen molar-refractivity contribution in [3.63, 3.8) is 0 Å². The zero-order chi connectivity index (χ0) is 13.9. The molecule has 2 N–H and O–H groups in total. The molecule has 2 aliphatic carbocycles. The lowest BCUT2D eigenvalue weighted by atomic mass is 9.49. The Bertz CT molecular complexity index is 576. The van der Waals surface area contributed by atoms with Crippen molar-refractivity contribution < 1.29 is 9.90 Å². The molecule has 0 radical (unpaired) electrons. The quantitative estimate of drug-likeness (QED) is 0.861. The van der Waals surface area contributed by atoms with Crippen molar-refractivity contribution in [3.05, 3.63) is 35.4 Å². The fraction of sp³-hybridized carbons (Fsp3) is 0.588. The summed E-state index contributed by atoms with van der Waals surface area (Å²) in [5, 5.41) is 13.1. The predicted octanol–water partition coefficient (Wildman–Crippen LogP) is 2.92. The van der Waals surface area contributed by atoms with Gasteiger partial charge in [-0.3, -0.25) is 4.79 Å². The van der Waals surface area contributed by atoms with Crippen LogP contribution in [0.15, 0.2) is 24.3 Å². The van der Waals surface area contributed by atoms with Gasteiger partial charge < -0.3 is 10.4 Å². The fourth-order valence-corrected chi connectivity index (χ4v) is 5.27. The number of carboxylic acids is 1. The Morgan fingerprint density at radius 2 is 2.14 bits per heavy atom. The molecule has 2 saturated heterocycles. The van der Waals surface area contributed by atoms with Crippen molar-refractivity contribution >= 4 is 23.0 Å². The molecule has 0 spiro atoms. The number of carbonyl (C=O) groups is 1. The van der Waals surface area contributed by atoms with Crippen molar-refractivity contribution in [3.8, 4) is 0 Å². The molecule has 0 aromatic heterocycles. The van der Waals surface area contributed by atoms with Crippen LogP contribution in [0.2, 0.25) is 0 Å². The number of nitrogens with one attached hydrogen (secondary N) is 1. The van der Waals surface area contributed by atoms with Gasteiger partial charge in [0, 0.05) is 17.5 Å². The van der Waals surface area contributed by atoms with Gasteiger partial charge in [0.05, 0.1) is 5.92 Å². The summed E-state index contributed by atoms with van der Waals surface area (Å²) in [6, 6.07) is 9.42. The molecule has 5 atom stereocenters. The molecule has 2 heterocycles. The molecule has 4 aliphatic rings. The average molecular weight is 352 g/mol. The molecule has 114 valence electrons. The highest BCUT2D eigenvalue weighted by Gasteiger charge is 2.58. The smallest absolute Gasteiger partial charge is 0.308 e. The van der Waals surface area contributed by atoms with Crippen LogP contribution in [0.3, 0.4) is 0 Å². The second kappa shape index (κ2) is 5.10. The summed E-state index contributed by atoms with van der Waals surface area (Å²) >= 11 is 0. The summed E-state index contributed by atoms with van der Waals surface area (Å²) in [7, 11) is 0. The molecule has 1 saturated carbocycles. The second-order valence-corrected chi connectivity index (χ2v) is 6.74. The largest absolute Gasteiger partial charge is 0.481 e. The maximum Gasteiger partial charge on any atom is 0.308 e. The summed E-state index contributed by atoms with van der Waals surface area (Å²) < 4.78 is 0. The van der Waals surface area contributed by atoms with Crippen LogP contribution in [0.25, 0.3) is 0 Å². The minimum absolute atomic E-state index is 0. The maximum atomic E-state index is 11.5. The van der Waals surface area contributed by atoms with E-state index in [1.807, 2.05) is 0 Å². The molecule has 4 bridgehead atoms. The zero-order valence-corrected chi connectivity index (χ0v) is 13.9. The van der Waals surface area contributed by atoms with Crippen LogP contribution in [-0.2, 0) is 16.6 Å². The first kappa shape index (κ1) is 15.0. The van der Waals surface area contributed by atoms with E-state index in [1.54, 1.807) is 0 Å². The van der Waals surface area contributed by atoms with Gasteiger partial charge in [-0.1, -0.05) is 31.2 Å². The maximum absolute atomic E-state index is 11.5. The first-order chi connectivity index (χ1) is 9.65. The Morgan fingerprint density at radius 1 is 1.38 bits per heavy atom. The normalized spacial score (nSPS) is 39.3. The number of aliphatic carboxylic acids is 1. The van der Waals surface area contributed by atoms with Crippen molar-refractivity contribution in [2.24, 2.45) is 11.8 Å². The predicted molar refractivity (Wildman–Crippen MR) is 87.0 cm³/mol. The highest BCUT2D eigenvalue weighted by molar-refractivity contribution is 8.93. The van der Waals surface area contributed by atoms with Gasteiger partial charge in [0.1, 0.15) is 0 Å². The Kier molecular flexibility index (Phi) is 3.65. The molecule has 1 aromatic carbocycles. The Hall–Kier alpha value is -0.870. The molecule has 4 unspecified atom stereocenters. The first-order valence-corrected chi connectivity index (χ1v) is 7.73. The van der Waals surface area contributed by atoms with Crippen LogP contribution in [0.5, 0.6) is 0 Å². The number of carboxylic acid groups (broad SMARTS) is 1. The number of hydrogen-bond acceptors (Lipinski definition) is 2. The van der Waals surface area contributed by atoms with Crippen molar-refractivity contribution in [2.45, 2.75) is 50.1 Å². The van der Waals surface area contributed by atoms with E-state index in [0.29, 0.717) is 12.0 Å². The second-order valence-electron chi connectivity index (χ2n) is 6.74. The van der Waals surface area contributed by atoms with Gasteiger partial charge in [0.25, 0.3) is 0 Å². The molecule has 2 aliphatic heterocycles. The van der Waals surface area contributed by atoms with E-state index in [2.05, 4.69) is 36.5 Å². The van der Waals surface area contributed by atoms with Crippen LogP contribution in [-0.4, -0.2) is 23.2 Å². The van der Waals surface area contributed by atoms with Crippen LogP contribution < -0.4 is 5.32 Å². The molecule has 3 fully saturated rings. The van der Waals surface area contributed by atoms with E-state index in [9.17, 15) is 9.90 Å². The molecule has 4 heteroatoms. The molecule has 0 amide bonds. The Balaban J connectivity index is 0.00000132. The Morgan fingerprint density at radius 3 is 2.81 bits per heavy atom. The average Bonchev–Trinajstić information content (AvgIpc) is 2.46. The van der Waals surface area contributed by atoms with E-state index in [4.69, 9.17) is 0 Å². The van der Waals surface area contributed by atoms with Gasteiger partial charge in [-0.05, 0) is 42.7 Å². The molecule has 21 heavy (non-hydrogen) atoms. The lowest BCUT2D eigenvalue weighted by Gasteiger charge is -2.61. The summed E-state index contributed by atoms with van der Waals surface area (Å²) in [6.45, 7) is 2.27. The molecule has 5 rings (SSSR count). The van der Waals surface area contributed by atoms with E-state index in [-0.39, 0.29) is 34.4 Å². The Labute approximate surface area is 135 Å². The minimum atomic E-state index is -0.621. The van der Waals surface area contributed by atoms with E-state index in [0.717, 1.165) is 25.7 Å². The van der Waals surface area contributed by atoms with Gasteiger partial charge in [0.2, 0.25) is 0 Å². The summed E-state index contributed by atoms with van der Waals surface area (Å²) in [4.78, 5) is 11.5. The molecule has 1 aromatic rings. The first-order valence-electron chi connectivity index (χ1n) is 7.73. The summed E-state index contributed by atoms with van der Waals surface area (Å²) in [6.07, 6.45) is 4.01. The zero-order valence-electron chi connectivity index (χ0n) is 12.2. The van der Waals surface area contributed by atoms with Crippen molar-refractivity contribution in [1.82, 2.24) is 5.32 Å². The molecule has 3 nitrogen and oxygen atoms in total. The van der Waals surface area contributed by atoms with E-state index >= 15 is 0 Å². The van der Waals surface area contributed by atoms with Gasteiger partial charge in [-0.15, -0.1) is 17.0 Å². The highest BCUT2D eigenvalue weighted by Crippen LogP contribution is 2.56. The van der Waals surface area contributed by atoms with Crippen LogP contribution >= 0.6 is 17.0 Å². The van der Waals surface area contributed by atoms with Gasteiger partial charge in [0.15, 0.2) is 0 Å². The number of halogens is 1. The molecular formula is C17H22BrNO2. The third-order valence-corrected chi connectivity index (χ3v) is 6.14. The highest BCUT2D eigenvalue weighted by atomic mass is 79.9. The number of benzene rings is 1. The summed E-state index contributed by atoms with van der Waals surface area (Å²) in [5.74, 6) is -0.334. The van der Waals surface area contributed by atoms with Crippen LogP contribution in [0, 0.1) is 11.8 Å². The standard InChI is InChI=1S/C17H21NO2.BrH/c1-2-17-9-15-11(16(19)20)8-13(17)14(18-15)7-10-5-3-4-6-12(10)17;/h3-6,11,13-15,18H,2,7-9H2,1H3,(H,19,20);1H/t11?,13?,14?,15?,17-;/m0./s1. The summed E-state index contributed by atoms with van der Waals surface area (Å²) in [5.41, 5.74) is 3.18.